The SMILES string of the molecule is C[C@@H](OC(=O)/C=C/c1ccc([N+](=O)[O-])cc1)C(=O)c1ccc(Br)cc1. The molecule has 2 aromatic carbocycles. The van der Waals surface area contributed by atoms with Crippen molar-refractivity contribution in [3.63, 3.8) is 0 Å². The van der Waals surface area contributed by atoms with Crippen LogP contribution in [0.5, 0.6) is 0 Å². The van der Waals surface area contributed by atoms with E-state index in [2.05, 4.69) is 15.9 Å². The van der Waals surface area contributed by atoms with Crippen LogP contribution in [0.25, 0.3) is 6.08 Å². The van der Waals surface area contributed by atoms with Crippen LogP contribution in [0, 0.1) is 10.1 Å². The molecule has 0 radical (unpaired) electrons. The lowest BCUT2D eigenvalue weighted by Gasteiger charge is -2.10. The van der Waals surface area contributed by atoms with Crippen LogP contribution < -0.4 is 0 Å². The second kappa shape index (κ2) is 8.34. The van der Waals surface area contributed by atoms with Gasteiger partial charge in [-0.3, -0.25) is 14.9 Å². The number of non-ortho nitro benzene ring substituents is 1. The van der Waals surface area contributed by atoms with E-state index in [9.17, 15) is 19.7 Å². The summed E-state index contributed by atoms with van der Waals surface area (Å²) < 4.78 is 5.93. The maximum absolute atomic E-state index is 12.2. The van der Waals surface area contributed by atoms with Crippen LogP contribution >= 0.6 is 15.9 Å². The number of halogens is 1. The van der Waals surface area contributed by atoms with Crippen molar-refractivity contribution >= 4 is 39.4 Å². The van der Waals surface area contributed by atoms with Crippen LogP contribution in [0.1, 0.15) is 22.8 Å². The molecule has 25 heavy (non-hydrogen) atoms. The fourth-order valence-corrected chi connectivity index (χ4v) is 2.25. The molecule has 2 rings (SSSR count). The fraction of sp³-hybridized carbons (Fsp3) is 0.111. The first-order valence-electron chi connectivity index (χ1n) is 7.30. The van der Waals surface area contributed by atoms with Gasteiger partial charge in [-0.15, -0.1) is 0 Å². The number of hydrogen-bond acceptors (Lipinski definition) is 5. The Kier molecular flexibility index (Phi) is 6.19. The average molecular weight is 404 g/mol. The number of Topliss-reactive ketones (excluding diaryl/α,β-unsaturated/α-hetero) is 1. The highest BCUT2D eigenvalue weighted by atomic mass is 79.9. The maximum Gasteiger partial charge on any atom is 0.331 e. The van der Waals surface area contributed by atoms with Crippen molar-refractivity contribution in [1.29, 1.82) is 0 Å². The minimum Gasteiger partial charge on any atom is -0.451 e. The molecule has 0 aliphatic carbocycles. The van der Waals surface area contributed by atoms with Crippen LogP contribution in [-0.4, -0.2) is 22.8 Å². The molecule has 0 aromatic heterocycles. The Bertz CT molecular complexity index is 812. The first-order chi connectivity index (χ1) is 11.9. The predicted octanol–water partition coefficient (Wildman–Crippen LogP) is 4.19. The molecule has 2 aromatic rings. The normalized spacial score (nSPS) is 11.9. The van der Waals surface area contributed by atoms with Gasteiger partial charge in [-0.1, -0.05) is 28.1 Å². The molecule has 0 aliphatic rings. The van der Waals surface area contributed by atoms with Gasteiger partial charge in [0.05, 0.1) is 4.92 Å². The topological polar surface area (TPSA) is 86.5 Å². The minimum atomic E-state index is -0.921. The molecular formula is C18H14BrNO5. The number of rotatable bonds is 6. The van der Waals surface area contributed by atoms with Crippen LogP contribution in [0.2, 0.25) is 0 Å². The van der Waals surface area contributed by atoms with E-state index in [-0.39, 0.29) is 11.5 Å². The molecule has 0 spiro atoms. The lowest BCUT2D eigenvalue weighted by molar-refractivity contribution is -0.384. The van der Waals surface area contributed by atoms with Crippen molar-refractivity contribution < 1.29 is 19.2 Å². The van der Waals surface area contributed by atoms with Gasteiger partial charge in [0.1, 0.15) is 0 Å². The van der Waals surface area contributed by atoms with E-state index in [1.54, 1.807) is 24.3 Å². The smallest absolute Gasteiger partial charge is 0.331 e. The Labute approximate surface area is 152 Å². The van der Waals surface area contributed by atoms with Crippen molar-refractivity contribution in [3.05, 3.63) is 80.3 Å². The number of carbonyl (C=O) groups is 2. The minimum absolute atomic E-state index is 0.0338. The quantitative estimate of drug-likeness (QED) is 0.237. The van der Waals surface area contributed by atoms with Crippen molar-refractivity contribution in [3.8, 4) is 0 Å². The van der Waals surface area contributed by atoms with Crippen LogP contribution in [0.4, 0.5) is 5.69 Å². The summed E-state index contributed by atoms with van der Waals surface area (Å²) >= 11 is 3.28. The lowest BCUT2D eigenvalue weighted by Crippen LogP contribution is -2.23. The second-order valence-corrected chi connectivity index (χ2v) is 6.05. The number of ketones is 1. The van der Waals surface area contributed by atoms with Crippen LogP contribution in [0.15, 0.2) is 59.1 Å². The van der Waals surface area contributed by atoms with Gasteiger partial charge in [-0.05, 0) is 42.8 Å². The summed E-state index contributed by atoms with van der Waals surface area (Å²) in [6.45, 7) is 1.50. The number of carbonyl (C=O) groups excluding carboxylic acids is 2. The van der Waals surface area contributed by atoms with E-state index in [1.165, 1.54) is 43.3 Å². The maximum atomic E-state index is 12.2. The van der Waals surface area contributed by atoms with E-state index in [0.29, 0.717) is 11.1 Å². The highest BCUT2D eigenvalue weighted by Gasteiger charge is 2.18. The number of ether oxygens (including phenoxy) is 1. The highest BCUT2D eigenvalue weighted by Crippen LogP contribution is 2.14. The van der Waals surface area contributed by atoms with E-state index in [1.807, 2.05) is 0 Å². The van der Waals surface area contributed by atoms with E-state index >= 15 is 0 Å². The van der Waals surface area contributed by atoms with Crippen LogP contribution in [0.3, 0.4) is 0 Å². The largest absolute Gasteiger partial charge is 0.451 e. The van der Waals surface area contributed by atoms with Crippen molar-refractivity contribution in [2.45, 2.75) is 13.0 Å². The molecule has 0 unspecified atom stereocenters. The third-order valence-corrected chi connectivity index (χ3v) is 3.84. The molecule has 128 valence electrons. The molecule has 0 amide bonds. The number of nitro benzene ring substituents is 1. The molecule has 0 aliphatic heterocycles. The number of nitro groups is 1. The van der Waals surface area contributed by atoms with E-state index in [4.69, 9.17) is 4.74 Å². The monoisotopic (exact) mass is 403 g/mol. The predicted molar refractivity (Wildman–Crippen MR) is 96.2 cm³/mol. The molecule has 7 heteroatoms. The van der Waals surface area contributed by atoms with Gasteiger partial charge in [0.15, 0.2) is 6.10 Å². The third kappa shape index (κ3) is 5.36. The molecule has 1 atom stereocenters. The Hall–Kier alpha value is -2.80. The summed E-state index contributed by atoms with van der Waals surface area (Å²) in [5.41, 5.74) is 1.02. The zero-order valence-electron chi connectivity index (χ0n) is 13.2. The average Bonchev–Trinajstić information content (AvgIpc) is 2.60. The van der Waals surface area contributed by atoms with Gasteiger partial charge >= 0.3 is 5.97 Å². The summed E-state index contributed by atoms with van der Waals surface area (Å²) in [6, 6.07) is 12.4. The Morgan fingerprint density at radius 1 is 1.12 bits per heavy atom. The molecule has 0 saturated carbocycles. The van der Waals surface area contributed by atoms with Gasteiger partial charge in [-0.2, -0.15) is 0 Å². The number of hydrogen-bond donors (Lipinski definition) is 0. The third-order valence-electron chi connectivity index (χ3n) is 3.31. The van der Waals surface area contributed by atoms with Crippen molar-refractivity contribution in [2.75, 3.05) is 0 Å². The van der Waals surface area contributed by atoms with Gasteiger partial charge in [-0.25, -0.2) is 4.79 Å². The molecule has 0 bridgehead atoms. The summed E-state index contributed by atoms with van der Waals surface area (Å²) in [4.78, 5) is 34.1. The number of benzene rings is 2. The van der Waals surface area contributed by atoms with Gasteiger partial charge in [0, 0.05) is 28.2 Å². The zero-order chi connectivity index (χ0) is 18.4. The summed E-state index contributed by atoms with van der Waals surface area (Å²) in [5.74, 6) is -0.971. The lowest BCUT2D eigenvalue weighted by atomic mass is 10.1. The second-order valence-electron chi connectivity index (χ2n) is 5.13. The molecular weight excluding hydrogens is 390 g/mol. The molecule has 0 saturated heterocycles. The first kappa shape index (κ1) is 18.5. The zero-order valence-corrected chi connectivity index (χ0v) is 14.8. The molecule has 0 fully saturated rings. The van der Waals surface area contributed by atoms with Crippen molar-refractivity contribution in [1.82, 2.24) is 0 Å². The van der Waals surface area contributed by atoms with Gasteiger partial charge < -0.3 is 4.74 Å². The fourth-order valence-electron chi connectivity index (χ4n) is 1.99. The van der Waals surface area contributed by atoms with Gasteiger partial charge in [0.2, 0.25) is 5.78 Å². The first-order valence-corrected chi connectivity index (χ1v) is 8.09. The molecule has 0 N–H and O–H groups in total. The highest BCUT2D eigenvalue weighted by molar-refractivity contribution is 9.10. The summed E-state index contributed by atoms with van der Waals surface area (Å²) in [5, 5.41) is 10.6. The Morgan fingerprint density at radius 3 is 2.28 bits per heavy atom. The Balaban J connectivity index is 1.95. The summed E-state index contributed by atoms with van der Waals surface area (Å²) in [7, 11) is 0. The Morgan fingerprint density at radius 2 is 1.72 bits per heavy atom. The van der Waals surface area contributed by atoms with Crippen LogP contribution in [-0.2, 0) is 9.53 Å². The van der Waals surface area contributed by atoms with E-state index in [0.717, 1.165) is 4.47 Å². The van der Waals surface area contributed by atoms with Crippen molar-refractivity contribution in [2.24, 2.45) is 0 Å². The van der Waals surface area contributed by atoms with Gasteiger partial charge in [0.25, 0.3) is 5.69 Å². The number of esters is 1. The standard InChI is InChI=1S/C18H14BrNO5/c1-12(18(22)14-5-7-15(19)8-6-14)25-17(21)11-4-13-2-9-16(10-3-13)20(23)24/h2-12H,1H3/b11-4+/t12-/m1/s1. The summed E-state index contributed by atoms with van der Waals surface area (Å²) in [6.07, 6.45) is 1.71. The molecule has 0 heterocycles. The molecule has 6 nitrogen and oxygen atoms in total. The van der Waals surface area contributed by atoms with E-state index < -0.39 is 17.0 Å². The number of nitrogens with zero attached hydrogens (tertiary/aromatic N) is 1.